The summed E-state index contributed by atoms with van der Waals surface area (Å²) in [4.78, 5) is 37.7. The van der Waals surface area contributed by atoms with E-state index in [9.17, 15) is 14.4 Å². The average Bonchev–Trinajstić information content (AvgIpc) is 2.54. The molecule has 0 bridgehead atoms. The maximum absolute atomic E-state index is 12.4. The van der Waals surface area contributed by atoms with Crippen LogP contribution in [-0.4, -0.2) is 47.2 Å². The third-order valence-corrected chi connectivity index (χ3v) is 3.22. The topological polar surface area (TPSA) is 82.1 Å². The standard InChI is InChI=1S/C21H31NO6/c1-20(2,3)27-17(23)12-13-22(19(25)28-21(4,5)6)14-18(24)26-15-16-10-8-7-9-11-16/h7-11H,12-15H2,1-6H3. The highest BCUT2D eigenvalue weighted by Crippen LogP contribution is 2.12. The number of nitrogens with zero attached hydrogens (tertiary/aromatic N) is 1. The highest BCUT2D eigenvalue weighted by molar-refractivity contribution is 5.79. The zero-order chi connectivity index (χ0) is 21.4. The Kier molecular flexibility index (Phi) is 8.47. The van der Waals surface area contributed by atoms with Crippen molar-refractivity contribution >= 4 is 18.0 Å². The maximum Gasteiger partial charge on any atom is 0.410 e. The van der Waals surface area contributed by atoms with E-state index in [0.717, 1.165) is 10.5 Å². The van der Waals surface area contributed by atoms with Gasteiger partial charge in [-0.25, -0.2) is 4.79 Å². The molecule has 7 nitrogen and oxygen atoms in total. The molecule has 7 heteroatoms. The molecule has 1 aromatic carbocycles. The Morgan fingerprint density at radius 1 is 0.857 bits per heavy atom. The summed E-state index contributed by atoms with van der Waals surface area (Å²) in [6.45, 7) is 10.2. The third-order valence-electron chi connectivity index (χ3n) is 3.22. The van der Waals surface area contributed by atoms with Crippen LogP contribution in [0, 0.1) is 0 Å². The van der Waals surface area contributed by atoms with Crippen LogP contribution in [0.5, 0.6) is 0 Å². The molecule has 0 spiro atoms. The molecule has 0 saturated carbocycles. The van der Waals surface area contributed by atoms with Gasteiger partial charge in [0.1, 0.15) is 24.4 Å². The Bertz CT molecular complexity index is 658. The highest BCUT2D eigenvalue weighted by atomic mass is 16.6. The van der Waals surface area contributed by atoms with E-state index in [2.05, 4.69) is 0 Å². The molecular formula is C21H31NO6. The second-order valence-electron chi connectivity index (χ2n) is 8.38. The molecule has 1 amide bonds. The molecule has 0 atom stereocenters. The van der Waals surface area contributed by atoms with E-state index in [1.165, 1.54) is 0 Å². The van der Waals surface area contributed by atoms with E-state index in [4.69, 9.17) is 14.2 Å². The molecule has 0 aliphatic heterocycles. The van der Waals surface area contributed by atoms with E-state index in [1.807, 2.05) is 30.3 Å². The molecule has 156 valence electrons. The van der Waals surface area contributed by atoms with Crippen LogP contribution in [0.15, 0.2) is 30.3 Å². The highest BCUT2D eigenvalue weighted by Gasteiger charge is 2.26. The van der Waals surface area contributed by atoms with Gasteiger partial charge in [-0.15, -0.1) is 0 Å². The summed E-state index contributed by atoms with van der Waals surface area (Å²) in [6, 6.07) is 9.23. The molecule has 0 aromatic heterocycles. The van der Waals surface area contributed by atoms with Crippen LogP contribution in [0.3, 0.4) is 0 Å². The smallest absolute Gasteiger partial charge is 0.410 e. The van der Waals surface area contributed by atoms with Crippen LogP contribution in [0.4, 0.5) is 4.79 Å². The molecule has 28 heavy (non-hydrogen) atoms. The van der Waals surface area contributed by atoms with Crippen molar-refractivity contribution in [2.24, 2.45) is 0 Å². The predicted octanol–water partition coefficient (Wildman–Crippen LogP) is 3.70. The molecule has 1 rings (SSSR count). The van der Waals surface area contributed by atoms with E-state index in [0.29, 0.717) is 0 Å². The molecule has 0 aliphatic rings. The predicted molar refractivity (Wildman–Crippen MR) is 105 cm³/mol. The number of ether oxygens (including phenoxy) is 3. The van der Waals surface area contributed by atoms with Crippen molar-refractivity contribution in [3.8, 4) is 0 Å². The molecule has 0 saturated heterocycles. The number of benzene rings is 1. The van der Waals surface area contributed by atoms with E-state index >= 15 is 0 Å². The molecule has 0 fully saturated rings. The van der Waals surface area contributed by atoms with Gasteiger partial charge in [-0.1, -0.05) is 30.3 Å². The van der Waals surface area contributed by atoms with Crippen LogP contribution in [0.25, 0.3) is 0 Å². The average molecular weight is 393 g/mol. The minimum atomic E-state index is -0.727. The molecule has 0 unspecified atom stereocenters. The third kappa shape index (κ3) is 10.5. The van der Waals surface area contributed by atoms with Crippen LogP contribution < -0.4 is 0 Å². The van der Waals surface area contributed by atoms with E-state index in [-0.39, 0.29) is 26.1 Å². The Morgan fingerprint density at radius 3 is 1.96 bits per heavy atom. The first-order chi connectivity index (χ1) is 12.9. The van der Waals surface area contributed by atoms with Crippen molar-refractivity contribution in [1.82, 2.24) is 4.90 Å². The van der Waals surface area contributed by atoms with Gasteiger partial charge in [-0.05, 0) is 47.1 Å². The van der Waals surface area contributed by atoms with Gasteiger partial charge in [0.15, 0.2) is 0 Å². The monoisotopic (exact) mass is 393 g/mol. The lowest BCUT2D eigenvalue weighted by Crippen LogP contribution is -2.41. The summed E-state index contributed by atoms with van der Waals surface area (Å²) in [5.74, 6) is -1.04. The SMILES string of the molecule is CC(C)(C)OC(=O)CCN(CC(=O)OCc1ccccc1)C(=O)OC(C)(C)C. The summed E-state index contributed by atoms with van der Waals surface area (Å²) in [5.41, 5.74) is -0.508. The minimum Gasteiger partial charge on any atom is -0.460 e. The van der Waals surface area contributed by atoms with Crippen molar-refractivity contribution in [2.75, 3.05) is 13.1 Å². The van der Waals surface area contributed by atoms with Gasteiger partial charge in [0.25, 0.3) is 0 Å². The summed E-state index contributed by atoms with van der Waals surface area (Å²) in [6.07, 6.45) is -0.740. The molecule has 0 N–H and O–H groups in total. The maximum atomic E-state index is 12.4. The van der Waals surface area contributed by atoms with Gasteiger partial charge in [0.2, 0.25) is 0 Å². The van der Waals surface area contributed by atoms with Crippen molar-refractivity contribution in [2.45, 2.75) is 65.8 Å². The van der Waals surface area contributed by atoms with Crippen LogP contribution in [0.1, 0.15) is 53.5 Å². The normalized spacial score (nSPS) is 11.5. The molecule has 0 radical (unpaired) electrons. The quantitative estimate of drug-likeness (QED) is 0.519. The Balaban J connectivity index is 2.67. The van der Waals surface area contributed by atoms with Gasteiger partial charge in [-0.2, -0.15) is 0 Å². The summed E-state index contributed by atoms with van der Waals surface area (Å²) in [5, 5.41) is 0. The van der Waals surface area contributed by atoms with Crippen molar-refractivity contribution in [1.29, 1.82) is 0 Å². The number of hydrogen-bond acceptors (Lipinski definition) is 6. The fourth-order valence-corrected chi connectivity index (χ4v) is 2.12. The van der Waals surface area contributed by atoms with E-state index in [1.54, 1.807) is 41.5 Å². The second kappa shape index (κ2) is 10.1. The lowest BCUT2D eigenvalue weighted by molar-refractivity contribution is -0.156. The number of carbonyl (C=O) groups excluding carboxylic acids is 3. The summed E-state index contributed by atoms with van der Waals surface area (Å²) < 4.78 is 15.8. The Labute approximate surface area is 166 Å². The van der Waals surface area contributed by atoms with Gasteiger partial charge >= 0.3 is 18.0 Å². The van der Waals surface area contributed by atoms with Gasteiger partial charge in [0.05, 0.1) is 6.42 Å². The molecule has 0 aliphatic carbocycles. The number of amides is 1. The van der Waals surface area contributed by atoms with E-state index < -0.39 is 29.2 Å². The first kappa shape index (κ1) is 23.5. The largest absolute Gasteiger partial charge is 0.460 e. The second-order valence-corrected chi connectivity index (χ2v) is 8.38. The van der Waals surface area contributed by atoms with Gasteiger partial charge < -0.3 is 14.2 Å². The van der Waals surface area contributed by atoms with Crippen LogP contribution in [-0.2, 0) is 30.4 Å². The van der Waals surface area contributed by atoms with Crippen molar-refractivity contribution < 1.29 is 28.6 Å². The van der Waals surface area contributed by atoms with Crippen molar-refractivity contribution in [3.63, 3.8) is 0 Å². The zero-order valence-electron chi connectivity index (χ0n) is 17.6. The molecule has 1 aromatic rings. The van der Waals surface area contributed by atoms with Gasteiger partial charge in [-0.3, -0.25) is 14.5 Å². The van der Waals surface area contributed by atoms with Crippen molar-refractivity contribution in [3.05, 3.63) is 35.9 Å². The molecule has 0 heterocycles. The number of esters is 2. The first-order valence-electron chi connectivity index (χ1n) is 9.25. The summed E-state index contributed by atoms with van der Waals surface area (Å²) >= 11 is 0. The fraction of sp³-hybridized carbons (Fsp3) is 0.571. The fourth-order valence-electron chi connectivity index (χ4n) is 2.12. The number of rotatable bonds is 7. The van der Waals surface area contributed by atoms with Gasteiger partial charge in [0, 0.05) is 6.54 Å². The van der Waals surface area contributed by atoms with Crippen LogP contribution in [0.2, 0.25) is 0 Å². The minimum absolute atomic E-state index is 0.00966. The Morgan fingerprint density at radius 2 is 1.43 bits per heavy atom. The zero-order valence-corrected chi connectivity index (χ0v) is 17.6. The first-order valence-corrected chi connectivity index (χ1v) is 9.25. The van der Waals surface area contributed by atoms with Crippen LogP contribution >= 0.6 is 0 Å². The molecular weight excluding hydrogens is 362 g/mol. The lowest BCUT2D eigenvalue weighted by atomic mass is 10.2. The lowest BCUT2D eigenvalue weighted by Gasteiger charge is -2.27. The number of hydrogen-bond donors (Lipinski definition) is 0. The number of carbonyl (C=O) groups is 3. The summed E-state index contributed by atoms with van der Waals surface area (Å²) in [7, 11) is 0. The Hall–Kier alpha value is -2.57.